The van der Waals surface area contributed by atoms with Gasteiger partial charge in [0, 0.05) is 18.2 Å². The molecule has 0 atom stereocenters. The molecule has 3 heterocycles. The minimum atomic E-state index is 0.0221. The molecule has 1 fully saturated rings. The summed E-state index contributed by atoms with van der Waals surface area (Å²) in [5, 5.41) is 8.35. The van der Waals surface area contributed by atoms with Gasteiger partial charge in [0.2, 0.25) is 0 Å². The molecule has 0 N–H and O–H groups in total. The first-order valence-electron chi connectivity index (χ1n) is 9.51. The first kappa shape index (κ1) is 17.7. The van der Waals surface area contributed by atoms with Crippen LogP contribution in [-0.4, -0.2) is 56.9 Å². The first-order valence-corrected chi connectivity index (χ1v) is 9.51. The summed E-state index contributed by atoms with van der Waals surface area (Å²) in [4.78, 5) is 17.6. The maximum atomic E-state index is 13.4. The molecule has 0 unspecified atom stereocenters. The number of hydrogen-bond acceptors (Lipinski definition) is 5. The van der Waals surface area contributed by atoms with E-state index in [-0.39, 0.29) is 11.9 Å². The molecule has 1 aromatic carbocycles. The Morgan fingerprint density at radius 2 is 2.11 bits per heavy atom. The predicted molar refractivity (Wildman–Crippen MR) is 102 cm³/mol. The van der Waals surface area contributed by atoms with Gasteiger partial charge in [0.25, 0.3) is 5.91 Å². The van der Waals surface area contributed by atoms with Gasteiger partial charge in [-0.15, -0.1) is 5.10 Å². The molecule has 1 aliphatic rings. The maximum absolute atomic E-state index is 13.4. The van der Waals surface area contributed by atoms with Crippen molar-refractivity contribution in [2.24, 2.45) is 0 Å². The van der Waals surface area contributed by atoms with Crippen LogP contribution in [0.1, 0.15) is 35.9 Å². The fourth-order valence-corrected chi connectivity index (χ4v) is 3.75. The number of rotatable bonds is 5. The Morgan fingerprint density at radius 3 is 2.81 bits per heavy atom. The third-order valence-electron chi connectivity index (χ3n) is 5.36. The molecule has 7 heteroatoms. The van der Waals surface area contributed by atoms with Crippen LogP contribution in [0.15, 0.2) is 41.0 Å². The standard InChI is InChI=1S/C20H25N5O2/c1-3-25-19-7-6-15(13-18(19)21-22-25)20(26)24(14-17-5-4-12-27-17)16-8-10-23(2)11-9-16/h4-7,12-13,16H,3,8-11,14H2,1-2H3. The highest BCUT2D eigenvalue weighted by Gasteiger charge is 2.28. The molecule has 2 aromatic heterocycles. The van der Waals surface area contributed by atoms with Crippen molar-refractivity contribution in [1.82, 2.24) is 24.8 Å². The number of likely N-dealkylation sites (tertiary alicyclic amines) is 1. The molecule has 27 heavy (non-hydrogen) atoms. The number of hydrogen-bond donors (Lipinski definition) is 0. The molecule has 3 aromatic rings. The van der Waals surface area contributed by atoms with Crippen molar-refractivity contribution in [2.75, 3.05) is 20.1 Å². The van der Waals surface area contributed by atoms with Crippen LogP contribution < -0.4 is 0 Å². The second-order valence-corrected chi connectivity index (χ2v) is 7.16. The lowest BCUT2D eigenvalue weighted by Gasteiger charge is -2.37. The van der Waals surface area contributed by atoms with Gasteiger partial charge in [-0.1, -0.05) is 5.21 Å². The molecular formula is C20H25N5O2. The number of piperidine rings is 1. The Balaban J connectivity index is 1.63. The zero-order chi connectivity index (χ0) is 18.8. The quantitative estimate of drug-likeness (QED) is 0.694. The summed E-state index contributed by atoms with van der Waals surface area (Å²) < 4.78 is 7.35. The maximum Gasteiger partial charge on any atom is 0.254 e. The van der Waals surface area contributed by atoms with Crippen molar-refractivity contribution >= 4 is 16.9 Å². The van der Waals surface area contributed by atoms with E-state index in [4.69, 9.17) is 4.42 Å². The van der Waals surface area contributed by atoms with Gasteiger partial charge in [-0.3, -0.25) is 4.79 Å². The van der Waals surface area contributed by atoms with Crippen LogP contribution in [0.2, 0.25) is 0 Å². The van der Waals surface area contributed by atoms with Gasteiger partial charge in [-0.2, -0.15) is 0 Å². The molecular weight excluding hydrogens is 342 g/mol. The van der Waals surface area contributed by atoms with Gasteiger partial charge in [0.15, 0.2) is 0 Å². The largest absolute Gasteiger partial charge is 0.467 e. The van der Waals surface area contributed by atoms with E-state index in [0.717, 1.165) is 49.3 Å². The third kappa shape index (κ3) is 3.60. The molecule has 142 valence electrons. The van der Waals surface area contributed by atoms with E-state index < -0.39 is 0 Å². The Hall–Kier alpha value is -2.67. The van der Waals surface area contributed by atoms with Crippen molar-refractivity contribution in [3.63, 3.8) is 0 Å². The first-order chi connectivity index (χ1) is 13.2. The molecule has 0 saturated carbocycles. The van der Waals surface area contributed by atoms with Crippen LogP contribution >= 0.6 is 0 Å². The fourth-order valence-electron chi connectivity index (χ4n) is 3.75. The zero-order valence-electron chi connectivity index (χ0n) is 15.8. The number of aryl methyl sites for hydroxylation is 1. The minimum Gasteiger partial charge on any atom is -0.467 e. The lowest BCUT2D eigenvalue weighted by Crippen LogP contribution is -2.46. The van der Waals surface area contributed by atoms with Crippen molar-refractivity contribution in [1.29, 1.82) is 0 Å². The van der Waals surface area contributed by atoms with Crippen molar-refractivity contribution in [3.8, 4) is 0 Å². The molecule has 0 radical (unpaired) electrons. The highest BCUT2D eigenvalue weighted by molar-refractivity contribution is 5.97. The van der Waals surface area contributed by atoms with Crippen molar-refractivity contribution in [3.05, 3.63) is 47.9 Å². The molecule has 7 nitrogen and oxygen atoms in total. The van der Waals surface area contributed by atoms with E-state index >= 15 is 0 Å². The Morgan fingerprint density at radius 1 is 1.30 bits per heavy atom. The summed E-state index contributed by atoms with van der Waals surface area (Å²) in [6.45, 7) is 5.26. The topological polar surface area (TPSA) is 67.4 Å². The Bertz CT molecular complexity index is 910. The van der Waals surface area contributed by atoms with Crippen LogP contribution in [0, 0.1) is 0 Å². The van der Waals surface area contributed by atoms with Crippen LogP contribution in [-0.2, 0) is 13.1 Å². The Labute approximate surface area is 158 Å². The van der Waals surface area contributed by atoms with E-state index in [1.165, 1.54) is 0 Å². The molecule has 0 bridgehead atoms. The number of benzene rings is 1. The molecule has 4 rings (SSSR count). The van der Waals surface area contributed by atoms with Crippen molar-refractivity contribution in [2.45, 2.75) is 38.9 Å². The molecule has 1 saturated heterocycles. The average Bonchev–Trinajstić information content (AvgIpc) is 3.35. The third-order valence-corrected chi connectivity index (χ3v) is 5.36. The highest BCUT2D eigenvalue weighted by Crippen LogP contribution is 2.23. The number of carbonyl (C=O) groups is 1. The summed E-state index contributed by atoms with van der Waals surface area (Å²) in [5.41, 5.74) is 2.35. The Kier molecular flexibility index (Phi) is 4.94. The molecule has 1 aliphatic heterocycles. The number of fused-ring (bicyclic) bond motifs is 1. The zero-order valence-corrected chi connectivity index (χ0v) is 15.8. The second kappa shape index (κ2) is 7.52. The van der Waals surface area contributed by atoms with Crippen LogP contribution in [0.4, 0.5) is 0 Å². The number of nitrogens with zero attached hydrogens (tertiary/aromatic N) is 5. The summed E-state index contributed by atoms with van der Waals surface area (Å²) in [7, 11) is 2.12. The van der Waals surface area contributed by atoms with E-state index in [2.05, 4.69) is 22.3 Å². The van der Waals surface area contributed by atoms with Gasteiger partial charge < -0.3 is 14.2 Å². The highest BCUT2D eigenvalue weighted by atomic mass is 16.3. The minimum absolute atomic E-state index is 0.0221. The lowest BCUT2D eigenvalue weighted by molar-refractivity contribution is 0.0551. The fraction of sp³-hybridized carbons (Fsp3) is 0.450. The van der Waals surface area contributed by atoms with E-state index in [0.29, 0.717) is 12.1 Å². The summed E-state index contributed by atoms with van der Waals surface area (Å²) in [5.74, 6) is 0.828. The molecule has 0 aliphatic carbocycles. The van der Waals surface area contributed by atoms with Gasteiger partial charge >= 0.3 is 0 Å². The SMILES string of the molecule is CCn1nnc2cc(C(=O)N(Cc3ccco3)C3CCN(C)CC3)ccc21. The monoisotopic (exact) mass is 367 g/mol. The smallest absolute Gasteiger partial charge is 0.254 e. The van der Waals surface area contributed by atoms with E-state index in [1.54, 1.807) is 6.26 Å². The summed E-state index contributed by atoms with van der Waals surface area (Å²) >= 11 is 0. The van der Waals surface area contributed by atoms with Crippen LogP contribution in [0.25, 0.3) is 11.0 Å². The van der Waals surface area contributed by atoms with Gasteiger partial charge in [-0.05, 0) is 70.2 Å². The molecule has 1 amide bonds. The number of carbonyl (C=O) groups excluding carboxylic acids is 1. The van der Waals surface area contributed by atoms with Gasteiger partial charge in [0.1, 0.15) is 11.3 Å². The summed E-state index contributed by atoms with van der Waals surface area (Å²) in [6.07, 6.45) is 3.59. The average molecular weight is 367 g/mol. The van der Waals surface area contributed by atoms with Crippen LogP contribution in [0.5, 0.6) is 0 Å². The number of furan rings is 1. The molecule has 0 spiro atoms. The van der Waals surface area contributed by atoms with Crippen LogP contribution in [0.3, 0.4) is 0 Å². The normalized spacial score (nSPS) is 16.1. The van der Waals surface area contributed by atoms with Gasteiger partial charge in [-0.25, -0.2) is 4.68 Å². The van der Waals surface area contributed by atoms with E-state index in [9.17, 15) is 4.79 Å². The number of aromatic nitrogens is 3. The second-order valence-electron chi connectivity index (χ2n) is 7.16. The summed E-state index contributed by atoms with van der Waals surface area (Å²) in [6, 6.07) is 9.66. The number of amides is 1. The van der Waals surface area contributed by atoms with Gasteiger partial charge in [0.05, 0.1) is 18.3 Å². The van der Waals surface area contributed by atoms with E-state index in [1.807, 2.05) is 46.8 Å². The van der Waals surface area contributed by atoms with Crippen molar-refractivity contribution < 1.29 is 9.21 Å². The predicted octanol–water partition coefficient (Wildman–Crippen LogP) is 2.78. The lowest BCUT2D eigenvalue weighted by atomic mass is 10.0.